The number of ether oxygens (including phenoxy) is 1. The molecule has 0 saturated carbocycles. The Morgan fingerprint density at radius 2 is 1.88 bits per heavy atom. The van der Waals surface area contributed by atoms with Crippen LogP contribution < -0.4 is 5.32 Å². The van der Waals surface area contributed by atoms with Crippen molar-refractivity contribution < 1.29 is 14.3 Å². The van der Waals surface area contributed by atoms with Crippen LogP contribution in [0.25, 0.3) is 0 Å². The average Bonchev–Trinajstić information content (AvgIpc) is 2.62. The maximum atomic E-state index is 12.2. The van der Waals surface area contributed by atoms with Crippen LogP contribution in [0.5, 0.6) is 0 Å². The molecule has 2 aromatic rings. The average molecular weight is 325 g/mol. The van der Waals surface area contributed by atoms with E-state index < -0.39 is 0 Å². The minimum Gasteiger partial charge on any atom is -0.362 e. The highest BCUT2D eigenvalue weighted by molar-refractivity contribution is 5.90. The summed E-state index contributed by atoms with van der Waals surface area (Å²) in [7, 11) is 0. The summed E-state index contributed by atoms with van der Waals surface area (Å²) in [6.45, 7) is 1.00. The van der Waals surface area contributed by atoms with Gasteiger partial charge >= 0.3 is 0 Å². The van der Waals surface area contributed by atoms with Crippen LogP contribution in [0.2, 0.25) is 0 Å². The van der Waals surface area contributed by atoms with Crippen molar-refractivity contribution in [2.24, 2.45) is 0 Å². The highest BCUT2D eigenvalue weighted by atomic mass is 16.5. The molecule has 124 valence electrons. The normalized spacial score (nSPS) is 13.2. The fraction of sp³-hybridized carbons (Fsp3) is 0.278. The zero-order valence-electron chi connectivity index (χ0n) is 13.3. The second-order valence-electron chi connectivity index (χ2n) is 5.59. The smallest absolute Gasteiger partial charge is 0.251 e. The van der Waals surface area contributed by atoms with Crippen LogP contribution >= 0.6 is 0 Å². The molecule has 1 aromatic heterocycles. The zero-order chi connectivity index (χ0) is 16.8. The summed E-state index contributed by atoms with van der Waals surface area (Å²) < 4.78 is 5.24. The van der Waals surface area contributed by atoms with E-state index in [1.54, 1.807) is 29.3 Å². The molecule has 2 heterocycles. The standard InChI is InChI=1S/C18H19N3O3/c22-17(20-16-7-3-4-9-19-16)12-24-13-18(23)21-10-8-14-5-1-2-6-15(14)11-21/h1-7,9H,8,10-13H2,(H,19,20,22). The van der Waals surface area contributed by atoms with Gasteiger partial charge in [-0.3, -0.25) is 9.59 Å². The third kappa shape index (κ3) is 4.17. The summed E-state index contributed by atoms with van der Waals surface area (Å²) in [5.41, 5.74) is 2.46. The second-order valence-corrected chi connectivity index (χ2v) is 5.59. The lowest BCUT2D eigenvalue weighted by Gasteiger charge is -2.28. The monoisotopic (exact) mass is 325 g/mol. The summed E-state index contributed by atoms with van der Waals surface area (Å²) >= 11 is 0. The quantitative estimate of drug-likeness (QED) is 0.907. The van der Waals surface area contributed by atoms with E-state index >= 15 is 0 Å². The maximum Gasteiger partial charge on any atom is 0.251 e. The van der Waals surface area contributed by atoms with E-state index in [4.69, 9.17) is 4.74 Å². The highest BCUT2D eigenvalue weighted by Gasteiger charge is 2.20. The molecule has 0 radical (unpaired) electrons. The van der Waals surface area contributed by atoms with E-state index in [9.17, 15) is 9.59 Å². The molecule has 0 unspecified atom stereocenters. The van der Waals surface area contributed by atoms with Gasteiger partial charge in [-0.1, -0.05) is 30.3 Å². The van der Waals surface area contributed by atoms with Crippen molar-refractivity contribution in [1.82, 2.24) is 9.88 Å². The minimum absolute atomic E-state index is 0.0994. The third-order valence-electron chi connectivity index (χ3n) is 3.87. The Bertz CT molecular complexity index is 718. The molecule has 1 aliphatic rings. The van der Waals surface area contributed by atoms with E-state index in [2.05, 4.69) is 16.4 Å². The van der Waals surface area contributed by atoms with Crippen molar-refractivity contribution in [3.63, 3.8) is 0 Å². The van der Waals surface area contributed by atoms with E-state index in [1.165, 1.54) is 11.1 Å². The van der Waals surface area contributed by atoms with Gasteiger partial charge in [0.05, 0.1) is 0 Å². The molecule has 0 aliphatic carbocycles. The molecule has 3 rings (SSSR count). The number of nitrogens with zero attached hydrogens (tertiary/aromatic N) is 2. The lowest BCUT2D eigenvalue weighted by Crippen LogP contribution is -2.38. The maximum absolute atomic E-state index is 12.2. The van der Waals surface area contributed by atoms with Crippen molar-refractivity contribution in [3.05, 3.63) is 59.8 Å². The van der Waals surface area contributed by atoms with Crippen LogP contribution in [-0.2, 0) is 27.3 Å². The fourth-order valence-corrected chi connectivity index (χ4v) is 2.65. The Labute approximate surface area is 140 Å². The third-order valence-corrected chi connectivity index (χ3v) is 3.87. The van der Waals surface area contributed by atoms with Crippen LogP contribution in [0.4, 0.5) is 5.82 Å². The Morgan fingerprint density at radius 1 is 1.08 bits per heavy atom. The Morgan fingerprint density at radius 3 is 2.67 bits per heavy atom. The number of hydrogen-bond acceptors (Lipinski definition) is 4. The van der Waals surface area contributed by atoms with Crippen molar-refractivity contribution in [2.45, 2.75) is 13.0 Å². The van der Waals surface area contributed by atoms with Gasteiger partial charge in [0.2, 0.25) is 5.91 Å². The second kappa shape index (κ2) is 7.70. The molecule has 6 nitrogen and oxygen atoms in total. The van der Waals surface area contributed by atoms with Gasteiger partial charge in [-0.15, -0.1) is 0 Å². The summed E-state index contributed by atoms with van der Waals surface area (Å²) in [6, 6.07) is 13.4. The molecule has 0 atom stereocenters. The Hall–Kier alpha value is -2.73. The zero-order valence-corrected chi connectivity index (χ0v) is 13.3. The van der Waals surface area contributed by atoms with Gasteiger partial charge < -0.3 is 15.0 Å². The Kier molecular flexibility index (Phi) is 5.18. The molecular formula is C18H19N3O3. The van der Waals surface area contributed by atoms with Crippen molar-refractivity contribution in [1.29, 1.82) is 0 Å². The van der Waals surface area contributed by atoms with Crippen LogP contribution in [-0.4, -0.2) is 41.5 Å². The van der Waals surface area contributed by atoms with Gasteiger partial charge in [-0.2, -0.15) is 0 Å². The van der Waals surface area contributed by atoms with Crippen LogP contribution in [0.1, 0.15) is 11.1 Å². The number of benzene rings is 1. The molecule has 1 aromatic carbocycles. The minimum atomic E-state index is -0.328. The van der Waals surface area contributed by atoms with Gasteiger partial charge in [0.15, 0.2) is 0 Å². The summed E-state index contributed by atoms with van der Waals surface area (Å²) in [4.78, 5) is 29.7. The van der Waals surface area contributed by atoms with Crippen molar-refractivity contribution in [3.8, 4) is 0 Å². The number of aromatic nitrogens is 1. The van der Waals surface area contributed by atoms with Crippen LogP contribution in [0.15, 0.2) is 48.7 Å². The van der Waals surface area contributed by atoms with Gasteiger partial charge in [0.25, 0.3) is 5.91 Å². The largest absolute Gasteiger partial charge is 0.362 e. The molecule has 6 heteroatoms. The number of anilines is 1. The first kappa shape index (κ1) is 16.1. The molecule has 0 bridgehead atoms. The number of hydrogen-bond donors (Lipinski definition) is 1. The van der Waals surface area contributed by atoms with Crippen molar-refractivity contribution in [2.75, 3.05) is 25.1 Å². The van der Waals surface area contributed by atoms with Crippen LogP contribution in [0.3, 0.4) is 0 Å². The number of fused-ring (bicyclic) bond motifs is 1. The summed E-state index contributed by atoms with van der Waals surface area (Å²) in [6.07, 6.45) is 2.44. The molecule has 24 heavy (non-hydrogen) atoms. The first-order valence-electron chi connectivity index (χ1n) is 7.85. The Balaban J connectivity index is 1.42. The molecule has 1 aliphatic heterocycles. The molecule has 1 N–H and O–H groups in total. The number of carbonyl (C=O) groups is 2. The summed E-state index contributed by atoms with van der Waals surface area (Å²) in [5, 5.41) is 2.61. The number of amides is 2. The molecule has 0 fully saturated rings. The lowest BCUT2D eigenvalue weighted by atomic mass is 10.00. The summed E-state index contributed by atoms with van der Waals surface area (Å²) in [5.74, 6) is 0.0330. The number of pyridine rings is 1. The SMILES string of the molecule is O=C(COCC(=O)N1CCc2ccccc2C1)Nc1ccccn1. The van der Waals surface area contributed by atoms with Gasteiger partial charge in [0, 0.05) is 19.3 Å². The molecular weight excluding hydrogens is 306 g/mol. The first-order chi connectivity index (χ1) is 11.7. The number of rotatable bonds is 5. The fourth-order valence-electron chi connectivity index (χ4n) is 2.65. The molecule has 0 spiro atoms. The van der Waals surface area contributed by atoms with E-state index in [0.29, 0.717) is 18.9 Å². The van der Waals surface area contributed by atoms with E-state index in [1.807, 2.05) is 18.2 Å². The van der Waals surface area contributed by atoms with Gasteiger partial charge in [-0.05, 0) is 29.7 Å². The molecule has 2 amide bonds. The topological polar surface area (TPSA) is 71.5 Å². The highest BCUT2D eigenvalue weighted by Crippen LogP contribution is 2.18. The van der Waals surface area contributed by atoms with Gasteiger partial charge in [0.1, 0.15) is 19.0 Å². The first-order valence-corrected chi connectivity index (χ1v) is 7.85. The molecule has 0 saturated heterocycles. The lowest BCUT2D eigenvalue weighted by molar-refractivity contribution is -0.138. The van der Waals surface area contributed by atoms with E-state index in [-0.39, 0.29) is 25.0 Å². The predicted molar refractivity (Wildman–Crippen MR) is 89.2 cm³/mol. The van der Waals surface area contributed by atoms with Crippen molar-refractivity contribution >= 4 is 17.6 Å². The van der Waals surface area contributed by atoms with Crippen LogP contribution in [0, 0.1) is 0 Å². The number of carbonyl (C=O) groups excluding carboxylic acids is 2. The predicted octanol–water partition coefficient (Wildman–Crippen LogP) is 1.62. The van der Waals surface area contributed by atoms with Gasteiger partial charge in [-0.25, -0.2) is 4.98 Å². The van der Waals surface area contributed by atoms with E-state index in [0.717, 1.165) is 6.42 Å². The number of nitrogens with one attached hydrogen (secondary N) is 1.